The Morgan fingerprint density at radius 2 is 2.00 bits per heavy atom. The summed E-state index contributed by atoms with van der Waals surface area (Å²) in [6.45, 7) is 11.3. The summed E-state index contributed by atoms with van der Waals surface area (Å²) in [5.74, 6) is 1.55. The molecule has 3 aliphatic heterocycles. The van der Waals surface area contributed by atoms with Crippen LogP contribution in [-0.4, -0.2) is 46.4 Å². The van der Waals surface area contributed by atoms with Gasteiger partial charge in [0.2, 0.25) is 11.8 Å². The average Bonchev–Trinajstić information content (AvgIpc) is 2.96. The highest BCUT2D eigenvalue weighted by Crippen LogP contribution is 2.54. The second-order valence-electron chi connectivity index (χ2n) is 10.1. The Bertz CT molecular complexity index is 765. The van der Waals surface area contributed by atoms with Crippen molar-refractivity contribution in [2.45, 2.75) is 58.7 Å². The fourth-order valence-electron chi connectivity index (χ4n) is 6.08. The highest BCUT2D eigenvalue weighted by molar-refractivity contribution is 5.96. The number of hydrogen-bond acceptors (Lipinski definition) is 4. The molecule has 4 aliphatic rings. The van der Waals surface area contributed by atoms with E-state index in [4.69, 9.17) is 0 Å². The third-order valence-electron chi connectivity index (χ3n) is 6.98. The van der Waals surface area contributed by atoms with E-state index in [1.807, 2.05) is 12.1 Å². The normalized spacial score (nSPS) is 33.4. The largest absolute Gasteiger partial charge is 0.350 e. The highest BCUT2D eigenvalue weighted by atomic mass is 16.2. The number of hydrogen-bond donors (Lipinski definition) is 2. The number of rotatable bonds is 7. The molecule has 2 N–H and O–H groups in total. The maximum atomic E-state index is 13.6. The minimum absolute atomic E-state index is 0.0205. The smallest absolute Gasteiger partial charge is 0.246 e. The zero-order valence-electron chi connectivity index (χ0n) is 18.0. The number of nitrogens with one attached hydrogen (secondary N) is 2. The van der Waals surface area contributed by atoms with E-state index in [2.05, 4.69) is 48.2 Å². The lowest BCUT2D eigenvalue weighted by atomic mass is 9.57. The summed E-state index contributed by atoms with van der Waals surface area (Å²) in [5.41, 5.74) is 0.231. The Hall–Kier alpha value is -1.95. The number of fused-ring (bicyclic) bond motifs is 1. The maximum absolute atomic E-state index is 13.6. The van der Waals surface area contributed by atoms with Gasteiger partial charge in [-0.3, -0.25) is 19.5 Å². The van der Waals surface area contributed by atoms with Crippen molar-refractivity contribution in [1.82, 2.24) is 20.5 Å². The molecule has 0 radical (unpaired) electrons. The zero-order chi connectivity index (χ0) is 20.8. The molecule has 4 heterocycles. The van der Waals surface area contributed by atoms with E-state index in [9.17, 15) is 9.59 Å². The Labute approximate surface area is 173 Å². The van der Waals surface area contributed by atoms with Crippen molar-refractivity contribution < 1.29 is 9.59 Å². The van der Waals surface area contributed by atoms with Crippen molar-refractivity contribution in [3.05, 3.63) is 30.1 Å². The Morgan fingerprint density at radius 3 is 2.66 bits per heavy atom. The predicted octanol–water partition coefficient (Wildman–Crippen LogP) is 2.21. The maximum Gasteiger partial charge on any atom is 0.246 e. The molecular formula is C23H34N4O2. The first kappa shape index (κ1) is 20.3. The molecule has 6 nitrogen and oxygen atoms in total. The Morgan fingerprint density at radius 1 is 1.28 bits per heavy atom. The van der Waals surface area contributed by atoms with Crippen molar-refractivity contribution in [2.75, 3.05) is 13.1 Å². The second kappa shape index (κ2) is 7.71. The summed E-state index contributed by atoms with van der Waals surface area (Å²) in [4.78, 5) is 33.2. The van der Waals surface area contributed by atoms with E-state index in [0.717, 1.165) is 31.5 Å². The molecule has 5 rings (SSSR count). The van der Waals surface area contributed by atoms with E-state index in [1.54, 1.807) is 12.4 Å². The molecule has 3 saturated heterocycles. The molecule has 158 valence electrons. The third-order valence-corrected chi connectivity index (χ3v) is 6.98. The van der Waals surface area contributed by atoms with Gasteiger partial charge >= 0.3 is 0 Å². The monoisotopic (exact) mass is 398 g/mol. The van der Waals surface area contributed by atoms with Gasteiger partial charge in [-0.1, -0.05) is 27.7 Å². The molecule has 0 unspecified atom stereocenters. The Balaban J connectivity index is 1.63. The molecule has 5 atom stereocenters. The van der Waals surface area contributed by atoms with Crippen LogP contribution in [0.4, 0.5) is 0 Å². The summed E-state index contributed by atoms with van der Waals surface area (Å²) in [6, 6.07) is 4.00. The molecule has 4 fully saturated rings. The van der Waals surface area contributed by atoms with Gasteiger partial charge in [0.15, 0.2) is 0 Å². The average molecular weight is 399 g/mol. The van der Waals surface area contributed by atoms with Crippen LogP contribution >= 0.6 is 0 Å². The molecule has 4 bridgehead atoms. The molecule has 6 heteroatoms. The minimum Gasteiger partial charge on any atom is -0.350 e. The summed E-state index contributed by atoms with van der Waals surface area (Å²) in [7, 11) is 0. The number of likely N-dealkylation sites (tertiary alicyclic amines) is 1. The fourth-order valence-corrected chi connectivity index (χ4v) is 6.08. The summed E-state index contributed by atoms with van der Waals surface area (Å²) in [6.07, 6.45) is 5.18. The second-order valence-corrected chi connectivity index (χ2v) is 10.1. The van der Waals surface area contributed by atoms with Crippen LogP contribution in [0.25, 0.3) is 0 Å². The number of aromatic nitrogens is 1. The highest BCUT2D eigenvalue weighted by Gasteiger charge is 2.67. The summed E-state index contributed by atoms with van der Waals surface area (Å²) < 4.78 is 0. The van der Waals surface area contributed by atoms with Crippen LogP contribution in [-0.2, 0) is 16.1 Å². The first-order valence-corrected chi connectivity index (χ1v) is 11.0. The van der Waals surface area contributed by atoms with E-state index in [0.29, 0.717) is 18.4 Å². The summed E-state index contributed by atoms with van der Waals surface area (Å²) in [5, 5.41) is 6.34. The molecule has 1 aliphatic carbocycles. The van der Waals surface area contributed by atoms with Gasteiger partial charge in [0.05, 0.1) is 5.92 Å². The number of carbonyl (C=O) groups excluding carboxylic acids is 2. The number of amides is 2. The van der Waals surface area contributed by atoms with E-state index < -0.39 is 5.54 Å². The Kier molecular flexibility index (Phi) is 5.40. The van der Waals surface area contributed by atoms with Crippen LogP contribution in [0.1, 0.15) is 46.1 Å². The number of nitrogens with zero attached hydrogens (tertiary/aromatic N) is 2. The zero-order valence-corrected chi connectivity index (χ0v) is 18.0. The van der Waals surface area contributed by atoms with Crippen LogP contribution < -0.4 is 10.6 Å². The van der Waals surface area contributed by atoms with Crippen LogP contribution in [0.5, 0.6) is 0 Å². The lowest BCUT2D eigenvalue weighted by Crippen LogP contribution is -2.76. The van der Waals surface area contributed by atoms with Crippen LogP contribution in [0.2, 0.25) is 0 Å². The van der Waals surface area contributed by atoms with Crippen molar-refractivity contribution in [3.8, 4) is 0 Å². The van der Waals surface area contributed by atoms with E-state index in [-0.39, 0.29) is 35.6 Å². The third kappa shape index (κ3) is 3.56. The van der Waals surface area contributed by atoms with Crippen molar-refractivity contribution in [2.24, 2.45) is 29.6 Å². The van der Waals surface area contributed by atoms with Crippen molar-refractivity contribution >= 4 is 11.8 Å². The van der Waals surface area contributed by atoms with Crippen LogP contribution in [0, 0.1) is 29.6 Å². The van der Waals surface area contributed by atoms with Gasteiger partial charge in [-0.05, 0) is 48.3 Å². The van der Waals surface area contributed by atoms with E-state index in [1.165, 1.54) is 0 Å². The van der Waals surface area contributed by atoms with Gasteiger partial charge in [-0.15, -0.1) is 0 Å². The molecule has 0 spiro atoms. The van der Waals surface area contributed by atoms with E-state index >= 15 is 0 Å². The molecule has 1 saturated carbocycles. The summed E-state index contributed by atoms with van der Waals surface area (Å²) >= 11 is 0. The van der Waals surface area contributed by atoms with Gasteiger partial charge in [0.1, 0.15) is 5.54 Å². The van der Waals surface area contributed by atoms with Gasteiger partial charge < -0.3 is 10.6 Å². The lowest BCUT2D eigenvalue weighted by Gasteiger charge is -2.55. The quantitative estimate of drug-likeness (QED) is 0.738. The van der Waals surface area contributed by atoms with Crippen LogP contribution in [0.3, 0.4) is 0 Å². The molecule has 29 heavy (non-hydrogen) atoms. The van der Waals surface area contributed by atoms with Gasteiger partial charge in [-0.25, -0.2) is 0 Å². The number of carbonyl (C=O) groups is 2. The lowest BCUT2D eigenvalue weighted by molar-refractivity contribution is -0.155. The standard InChI is InChI=1S/C23H34N4O2/c1-14(2)9-18-20-19-17(13-27(20)12-15(3)4)10-23(18,26-21(19)28)22(29)25-11-16-5-7-24-8-6-16/h5-8,14-15,17-20H,9-13H2,1-4H3,(H,25,29)(H,26,28)/t17-,18-,19-,20-,23+/m1/s1. The van der Waals surface area contributed by atoms with Crippen LogP contribution in [0.15, 0.2) is 24.5 Å². The predicted molar refractivity (Wildman–Crippen MR) is 112 cm³/mol. The molecule has 0 aromatic carbocycles. The number of piperidine rings is 2. The van der Waals surface area contributed by atoms with Gasteiger partial charge in [0.25, 0.3) is 0 Å². The van der Waals surface area contributed by atoms with Crippen molar-refractivity contribution in [3.63, 3.8) is 0 Å². The molecular weight excluding hydrogens is 364 g/mol. The molecule has 1 aromatic heterocycles. The minimum atomic E-state index is -0.788. The first-order valence-electron chi connectivity index (χ1n) is 11.0. The van der Waals surface area contributed by atoms with Crippen molar-refractivity contribution in [1.29, 1.82) is 0 Å². The number of pyridine rings is 1. The fraction of sp³-hybridized carbons (Fsp3) is 0.696. The SMILES string of the molecule is CC(C)C[C@@H]1[C@@H]2[C@@H]3C(=O)N[C@@]1(C(=O)NCc1ccncc1)C[C@@H]3CN2CC(C)C. The van der Waals surface area contributed by atoms with Gasteiger partial charge in [0, 0.05) is 44.0 Å². The first-order chi connectivity index (χ1) is 13.8. The molecule has 1 aromatic rings. The molecule has 2 amide bonds. The van der Waals surface area contributed by atoms with Gasteiger partial charge in [-0.2, -0.15) is 0 Å². The topological polar surface area (TPSA) is 74.3 Å².